The van der Waals surface area contributed by atoms with Gasteiger partial charge in [-0.1, -0.05) is 18.2 Å². The summed E-state index contributed by atoms with van der Waals surface area (Å²) < 4.78 is 4.73. The molecule has 1 fully saturated rings. The summed E-state index contributed by atoms with van der Waals surface area (Å²) in [5.74, 6) is -0.320. The van der Waals surface area contributed by atoms with Crippen LogP contribution < -0.4 is 10.6 Å². The van der Waals surface area contributed by atoms with Gasteiger partial charge in [0.15, 0.2) is 6.10 Å². The number of carbonyl (C=O) groups is 2. The van der Waals surface area contributed by atoms with Crippen LogP contribution >= 0.6 is 0 Å². The molecule has 1 aromatic carbocycles. The van der Waals surface area contributed by atoms with E-state index in [2.05, 4.69) is 10.6 Å². The van der Waals surface area contributed by atoms with Crippen molar-refractivity contribution < 1.29 is 14.3 Å². The van der Waals surface area contributed by atoms with Gasteiger partial charge < -0.3 is 15.4 Å². The van der Waals surface area contributed by atoms with Gasteiger partial charge >= 0.3 is 6.09 Å². The number of hydrogen-bond acceptors (Lipinski definition) is 3. The molecule has 2 rings (SSSR count). The second-order valence-corrected chi connectivity index (χ2v) is 3.13. The molecule has 78 valence electrons. The summed E-state index contributed by atoms with van der Waals surface area (Å²) in [6.07, 6.45) is -1.29. The van der Waals surface area contributed by atoms with Crippen LogP contribution in [-0.4, -0.2) is 24.6 Å². The van der Waals surface area contributed by atoms with Crippen LogP contribution in [0.2, 0.25) is 0 Å². The van der Waals surface area contributed by atoms with Gasteiger partial charge in [0.1, 0.15) is 0 Å². The molecule has 5 nitrogen and oxygen atoms in total. The van der Waals surface area contributed by atoms with Gasteiger partial charge in [-0.25, -0.2) is 4.79 Å². The van der Waals surface area contributed by atoms with Crippen LogP contribution in [0.25, 0.3) is 0 Å². The fourth-order valence-corrected chi connectivity index (χ4v) is 1.28. The summed E-state index contributed by atoms with van der Waals surface area (Å²) in [4.78, 5) is 22.2. The first-order valence-electron chi connectivity index (χ1n) is 4.56. The van der Waals surface area contributed by atoms with Crippen LogP contribution in [0.15, 0.2) is 30.3 Å². The van der Waals surface area contributed by atoms with Crippen LogP contribution in [0, 0.1) is 0 Å². The van der Waals surface area contributed by atoms with E-state index in [4.69, 9.17) is 4.74 Å². The van der Waals surface area contributed by atoms with Gasteiger partial charge in [-0.3, -0.25) is 4.79 Å². The maximum absolute atomic E-state index is 11.5. The number of nitrogens with one attached hydrogen (secondary N) is 2. The summed E-state index contributed by atoms with van der Waals surface area (Å²) in [5, 5.41) is 5.06. The molecule has 1 aliphatic heterocycles. The number of anilines is 1. The van der Waals surface area contributed by atoms with Gasteiger partial charge in [0.25, 0.3) is 5.91 Å². The Kier molecular flexibility index (Phi) is 2.53. The van der Waals surface area contributed by atoms with E-state index in [0.717, 1.165) is 0 Å². The fraction of sp³-hybridized carbons (Fsp3) is 0.200. The van der Waals surface area contributed by atoms with Gasteiger partial charge in [-0.2, -0.15) is 0 Å². The Morgan fingerprint density at radius 3 is 2.73 bits per heavy atom. The molecule has 0 radical (unpaired) electrons. The third-order valence-corrected chi connectivity index (χ3v) is 2.01. The Bertz CT molecular complexity index is 378. The van der Waals surface area contributed by atoms with E-state index in [-0.39, 0.29) is 12.5 Å². The first-order valence-corrected chi connectivity index (χ1v) is 4.56. The smallest absolute Gasteiger partial charge is 0.408 e. The molecule has 0 bridgehead atoms. The number of alkyl carbamates (subject to hydrolysis) is 1. The van der Waals surface area contributed by atoms with E-state index in [1.807, 2.05) is 18.2 Å². The third kappa shape index (κ3) is 2.25. The number of cyclic esters (lactones) is 1. The van der Waals surface area contributed by atoms with E-state index in [9.17, 15) is 9.59 Å². The SMILES string of the molecule is O=C1NCC(C(=O)Nc2ccccc2)O1. The van der Waals surface area contributed by atoms with Crippen molar-refractivity contribution in [3.63, 3.8) is 0 Å². The second-order valence-electron chi connectivity index (χ2n) is 3.13. The number of para-hydroxylation sites is 1. The molecule has 1 saturated heterocycles. The molecule has 0 spiro atoms. The lowest BCUT2D eigenvalue weighted by Crippen LogP contribution is -2.30. The Hall–Kier alpha value is -2.04. The number of carbonyl (C=O) groups excluding carboxylic acids is 2. The fourth-order valence-electron chi connectivity index (χ4n) is 1.28. The number of ether oxygens (including phenoxy) is 1. The van der Waals surface area contributed by atoms with Crippen molar-refractivity contribution in [2.45, 2.75) is 6.10 Å². The molecular formula is C10H10N2O3. The molecule has 0 saturated carbocycles. The average molecular weight is 206 g/mol. The predicted molar refractivity (Wildman–Crippen MR) is 53.3 cm³/mol. The van der Waals surface area contributed by atoms with E-state index < -0.39 is 12.2 Å². The summed E-state index contributed by atoms with van der Waals surface area (Å²) in [5.41, 5.74) is 0.686. The van der Waals surface area contributed by atoms with E-state index >= 15 is 0 Å². The highest BCUT2D eigenvalue weighted by Crippen LogP contribution is 2.08. The summed E-state index contributed by atoms with van der Waals surface area (Å²) in [6.45, 7) is 0.220. The summed E-state index contributed by atoms with van der Waals surface area (Å²) >= 11 is 0. The molecule has 5 heteroatoms. The van der Waals surface area contributed by atoms with Crippen LogP contribution in [0.3, 0.4) is 0 Å². The molecule has 1 atom stereocenters. The molecule has 1 heterocycles. The number of amides is 2. The molecule has 1 aromatic rings. The van der Waals surface area contributed by atoms with Crippen molar-refractivity contribution in [3.8, 4) is 0 Å². The van der Waals surface area contributed by atoms with Crippen LogP contribution in [-0.2, 0) is 9.53 Å². The molecule has 0 aliphatic carbocycles. The Morgan fingerprint density at radius 2 is 2.13 bits per heavy atom. The average Bonchev–Trinajstić information content (AvgIpc) is 2.66. The molecular weight excluding hydrogens is 196 g/mol. The van der Waals surface area contributed by atoms with Crippen LogP contribution in [0.5, 0.6) is 0 Å². The molecule has 0 aromatic heterocycles. The van der Waals surface area contributed by atoms with Crippen molar-refractivity contribution in [1.29, 1.82) is 0 Å². The number of rotatable bonds is 2. The van der Waals surface area contributed by atoms with Crippen molar-refractivity contribution in [1.82, 2.24) is 5.32 Å². The van der Waals surface area contributed by atoms with Gasteiger partial charge in [0.2, 0.25) is 0 Å². The summed E-state index contributed by atoms with van der Waals surface area (Å²) in [6, 6.07) is 9.01. The maximum atomic E-state index is 11.5. The minimum Gasteiger partial charge on any atom is -0.434 e. The summed E-state index contributed by atoms with van der Waals surface area (Å²) in [7, 11) is 0. The zero-order valence-electron chi connectivity index (χ0n) is 7.90. The lowest BCUT2D eigenvalue weighted by molar-refractivity contribution is -0.122. The zero-order chi connectivity index (χ0) is 10.7. The molecule has 2 amide bonds. The van der Waals surface area contributed by atoms with Gasteiger partial charge in [-0.05, 0) is 12.1 Å². The lowest BCUT2D eigenvalue weighted by Gasteiger charge is -2.08. The highest BCUT2D eigenvalue weighted by Gasteiger charge is 2.29. The molecule has 1 unspecified atom stereocenters. The molecule has 15 heavy (non-hydrogen) atoms. The third-order valence-electron chi connectivity index (χ3n) is 2.01. The highest BCUT2D eigenvalue weighted by atomic mass is 16.6. The van der Waals surface area contributed by atoms with E-state index in [1.165, 1.54) is 0 Å². The molecule has 2 N–H and O–H groups in total. The predicted octanol–water partition coefficient (Wildman–Crippen LogP) is 0.733. The maximum Gasteiger partial charge on any atom is 0.408 e. The highest BCUT2D eigenvalue weighted by molar-refractivity contribution is 5.96. The standard InChI is InChI=1S/C10H10N2O3/c13-9(8-6-11-10(14)15-8)12-7-4-2-1-3-5-7/h1-5,8H,6H2,(H,11,14)(H,12,13). The largest absolute Gasteiger partial charge is 0.434 e. The number of benzene rings is 1. The first kappa shape index (κ1) is 9.51. The Morgan fingerprint density at radius 1 is 1.40 bits per heavy atom. The minimum atomic E-state index is -0.738. The van der Waals surface area contributed by atoms with Crippen LogP contribution in [0.4, 0.5) is 10.5 Å². The lowest BCUT2D eigenvalue weighted by atomic mass is 10.3. The van der Waals surface area contributed by atoms with E-state index in [0.29, 0.717) is 5.69 Å². The number of hydrogen-bond donors (Lipinski definition) is 2. The quantitative estimate of drug-likeness (QED) is 0.749. The first-order chi connectivity index (χ1) is 7.25. The second kappa shape index (κ2) is 4.00. The van der Waals surface area contributed by atoms with Crippen molar-refractivity contribution in [3.05, 3.63) is 30.3 Å². The van der Waals surface area contributed by atoms with Crippen LogP contribution in [0.1, 0.15) is 0 Å². The Labute approximate surface area is 86.4 Å². The zero-order valence-corrected chi connectivity index (χ0v) is 7.90. The normalized spacial score (nSPS) is 19.2. The van der Waals surface area contributed by atoms with Crippen molar-refractivity contribution >= 4 is 17.7 Å². The van der Waals surface area contributed by atoms with Gasteiger partial charge in [-0.15, -0.1) is 0 Å². The van der Waals surface area contributed by atoms with Gasteiger partial charge in [0, 0.05) is 5.69 Å². The van der Waals surface area contributed by atoms with Crippen molar-refractivity contribution in [2.24, 2.45) is 0 Å². The molecule has 1 aliphatic rings. The monoisotopic (exact) mass is 206 g/mol. The minimum absolute atomic E-state index is 0.220. The van der Waals surface area contributed by atoms with Gasteiger partial charge in [0.05, 0.1) is 6.54 Å². The van der Waals surface area contributed by atoms with E-state index in [1.54, 1.807) is 12.1 Å². The van der Waals surface area contributed by atoms with Crippen molar-refractivity contribution in [2.75, 3.05) is 11.9 Å². The topological polar surface area (TPSA) is 67.4 Å². The Balaban J connectivity index is 1.96.